The minimum atomic E-state index is -3.30. The molecule has 166 valence electrons. The normalized spacial score (nSPS) is 15.9. The number of halogens is 1. The summed E-state index contributed by atoms with van der Waals surface area (Å²) in [4.78, 5) is 10.6. The van der Waals surface area contributed by atoms with Crippen LogP contribution in [-0.4, -0.2) is 87.4 Å². The monoisotopic (exact) mass is 541 g/mol. The van der Waals surface area contributed by atoms with Crippen LogP contribution in [0.3, 0.4) is 0 Å². The summed E-state index contributed by atoms with van der Waals surface area (Å²) in [5, 5.41) is 3.30. The van der Waals surface area contributed by atoms with Gasteiger partial charge in [-0.2, -0.15) is 4.31 Å². The van der Waals surface area contributed by atoms with Crippen LogP contribution in [0.2, 0.25) is 0 Å². The van der Waals surface area contributed by atoms with Gasteiger partial charge in [0.1, 0.15) is 0 Å². The van der Waals surface area contributed by atoms with E-state index in [-0.39, 0.29) is 42.4 Å². The van der Waals surface area contributed by atoms with Crippen molar-refractivity contribution in [2.75, 3.05) is 52.7 Å². The van der Waals surface area contributed by atoms with Gasteiger partial charge in [0.2, 0.25) is 15.9 Å². The number of ether oxygens (including phenoxy) is 2. The zero-order valence-corrected chi connectivity index (χ0v) is 20.6. The lowest BCUT2D eigenvalue weighted by Crippen LogP contribution is -2.54. The van der Waals surface area contributed by atoms with Gasteiger partial charge >= 0.3 is 0 Å². The summed E-state index contributed by atoms with van der Waals surface area (Å²) < 4.78 is 37.1. The first kappa shape index (κ1) is 25.9. The highest BCUT2D eigenvalue weighted by atomic mass is 127. The largest absolute Gasteiger partial charge is 0.481 e. The lowest BCUT2D eigenvalue weighted by Gasteiger charge is -2.35. The molecule has 2 rings (SSSR count). The van der Waals surface area contributed by atoms with Crippen molar-refractivity contribution in [1.82, 2.24) is 19.5 Å². The van der Waals surface area contributed by atoms with Crippen LogP contribution in [0.15, 0.2) is 23.3 Å². The second-order valence-electron chi connectivity index (χ2n) is 6.69. The van der Waals surface area contributed by atoms with E-state index >= 15 is 0 Å². The Labute approximate surface area is 190 Å². The van der Waals surface area contributed by atoms with E-state index in [9.17, 15) is 8.42 Å². The number of nitrogens with zero attached hydrogens (tertiary/aromatic N) is 4. The molecular weight excluding hydrogens is 509 g/mol. The van der Waals surface area contributed by atoms with E-state index in [1.54, 1.807) is 20.4 Å². The number of aliphatic imine (C=N–C) groups is 1. The molecule has 0 radical (unpaired) electrons. The average Bonchev–Trinajstić information content (AvgIpc) is 2.68. The van der Waals surface area contributed by atoms with Crippen molar-refractivity contribution in [1.29, 1.82) is 0 Å². The molecule has 2 heterocycles. The Morgan fingerprint density at radius 2 is 2.00 bits per heavy atom. The molecule has 1 N–H and O–H groups in total. The zero-order valence-electron chi connectivity index (χ0n) is 17.5. The summed E-state index contributed by atoms with van der Waals surface area (Å²) in [7, 11) is 0.00471. The first-order valence-electron chi connectivity index (χ1n) is 9.40. The highest BCUT2D eigenvalue weighted by molar-refractivity contribution is 14.0. The Morgan fingerprint density at radius 3 is 2.59 bits per heavy atom. The van der Waals surface area contributed by atoms with Crippen molar-refractivity contribution >= 4 is 40.0 Å². The Kier molecular flexibility index (Phi) is 11.1. The number of sulfonamides is 1. The molecule has 0 unspecified atom stereocenters. The van der Waals surface area contributed by atoms with Crippen molar-refractivity contribution in [2.24, 2.45) is 4.99 Å². The summed E-state index contributed by atoms with van der Waals surface area (Å²) >= 11 is 0. The number of hydrogen-bond acceptors (Lipinski definition) is 6. The van der Waals surface area contributed by atoms with Crippen LogP contribution in [0.4, 0.5) is 0 Å². The van der Waals surface area contributed by atoms with E-state index in [1.165, 1.54) is 4.31 Å². The third-order valence-electron chi connectivity index (χ3n) is 4.42. The SMILES string of the molecule is CN=C(NCc1cccnc1OC)N1CCN(S(=O)(=O)CCOC(C)C)CC1.I. The highest BCUT2D eigenvalue weighted by Crippen LogP contribution is 2.14. The fourth-order valence-electron chi connectivity index (χ4n) is 2.95. The molecule has 0 aliphatic carbocycles. The number of nitrogens with one attached hydrogen (secondary N) is 1. The number of methoxy groups -OCH3 is 1. The Bertz CT molecular complexity index is 752. The van der Waals surface area contributed by atoms with Crippen molar-refractivity contribution in [2.45, 2.75) is 26.5 Å². The summed E-state index contributed by atoms with van der Waals surface area (Å²) in [6, 6.07) is 3.80. The maximum Gasteiger partial charge on any atom is 0.218 e. The average molecular weight is 541 g/mol. The van der Waals surface area contributed by atoms with Crippen LogP contribution in [0.5, 0.6) is 5.88 Å². The zero-order chi connectivity index (χ0) is 20.6. The van der Waals surface area contributed by atoms with Crippen LogP contribution in [0.1, 0.15) is 19.4 Å². The van der Waals surface area contributed by atoms with Crippen LogP contribution in [-0.2, 0) is 21.3 Å². The summed E-state index contributed by atoms with van der Waals surface area (Å²) in [5.41, 5.74) is 0.928. The van der Waals surface area contributed by atoms with Gasteiger partial charge in [0.25, 0.3) is 0 Å². The van der Waals surface area contributed by atoms with Crippen molar-refractivity contribution in [3.63, 3.8) is 0 Å². The fourth-order valence-corrected chi connectivity index (χ4v) is 4.23. The molecule has 0 atom stereocenters. The van der Waals surface area contributed by atoms with Crippen molar-refractivity contribution < 1.29 is 17.9 Å². The molecule has 0 amide bonds. The van der Waals surface area contributed by atoms with Gasteiger partial charge in [0.15, 0.2) is 5.96 Å². The lowest BCUT2D eigenvalue weighted by molar-refractivity contribution is 0.0904. The summed E-state index contributed by atoms with van der Waals surface area (Å²) in [5.74, 6) is 1.31. The molecule has 0 aromatic carbocycles. The van der Waals surface area contributed by atoms with Gasteiger partial charge in [0, 0.05) is 51.5 Å². The highest BCUT2D eigenvalue weighted by Gasteiger charge is 2.28. The minimum absolute atomic E-state index is 0. The number of pyridine rings is 1. The van der Waals surface area contributed by atoms with Gasteiger partial charge in [-0.25, -0.2) is 13.4 Å². The molecule has 0 bridgehead atoms. The molecule has 9 nitrogen and oxygen atoms in total. The number of guanidine groups is 1. The number of piperazine rings is 1. The van der Waals surface area contributed by atoms with E-state index in [2.05, 4.69) is 20.2 Å². The van der Waals surface area contributed by atoms with Gasteiger partial charge < -0.3 is 19.7 Å². The molecule has 1 saturated heterocycles. The fraction of sp³-hybridized carbons (Fsp3) is 0.667. The molecule has 1 aromatic heterocycles. The van der Waals surface area contributed by atoms with E-state index in [4.69, 9.17) is 9.47 Å². The van der Waals surface area contributed by atoms with Gasteiger partial charge in [-0.05, 0) is 19.9 Å². The minimum Gasteiger partial charge on any atom is -0.481 e. The van der Waals surface area contributed by atoms with Crippen molar-refractivity contribution in [3.05, 3.63) is 23.9 Å². The predicted molar refractivity (Wildman–Crippen MR) is 124 cm³/mol. The van der Waals surface area contributed by atoms with E-state index < -0.39 is 10.0 Å². The third-order valence-corrected chi connectivity index (χ3v) is 6.25. The Hall–Kier alpha value is -1.18. The molecule has 1 aliphatic heterocycles. The quantitative estimate of drug-likeness (QED) is 0.300. The molecule has 1 aromatic rings. The Balaban J connectivity index is 0.00000420. The molecule has 29 heavy (non-hydrogen) atoms. The molecular formula is C18H32IN5O4S. The Morgan fingerprint density at radius 1 is 1.31 bits per heavy atom. The second-order valence-corrected chi connectivity index (χ2v) is 8.78. The standard InChI is InChI=1S/C18H31N5O4S.HI/c1-15(2)27-12-13-28(24,25)23-10-8-22(9-11-23)18(19-3)21-14-16-6-5-7-20-17(16)26-4;/h5-7,15H,8-14H2,1-4H3,(H,19,21);1H. The predicted octanol–water partition coefficient (Wildman–Crippen LogP) is 1.16. The smallest absolute Gasteiger partial charge is 0.218 e. The third kappa shape index (κ3) is 7.87. The van der Waals surface area contributed by atoms with E-state index in [0.29, 0.717) is 38.6 Å². The lowest BCUT2D eigenvalue weighted by atomic mass is 10.2. The maximum atomic E-state index is 12.5. The molecule has 0 spiro atoms. The van der Waals surface area contributed by atoms with Crippen LogP contribution in [0, 0.1) is 0 Å². The first-order valence-corrected chi connectivity index (χ1v) is 11.0. The van der Waals surface area contributed by atoms with Crippen molar-refractivity contribution in [3.8, 4) is 5.88 Å². The molecule has 1 aliphatic rings. The van der Waals surface area contributed by atoms with E-state index in [1.807, 2.05) is 26.0 Å². The number of hydrogen-bond donors (Lipinski definition) is 1. The van der Waals surface area contributed by atoms with Crippen LogP contribution in [0.25, 0.3) is 0 Å². The molecule has 1 fully saturated rings. The second kappa shape index (κ2) is 12.5. The molecule has 0 saturated carbocycles. The number of aromatic nitrogens is 1. The van der Waals surface area contributed by atoms with Gasteiger partial charge in [-0.1, -0.05) is 6.07 Å². The summed E-state index contributed by atoms with van der Waals surface area (Å²) in [6.07, 6.45) is 1.71. The van der Waals surface area contributed by atoms with Crippen LogP contribution >= 0.6 is 24.0 Å². The topological polar surface area (TPSA) is 96.4 Å². The van der Waals surface area contributed by atoms with Gasteiger partial charge in [0.05, 0.1) is 25.6 Å². The van der Waals surface area contributed by atoms with Gasteiger partial charge in [-0.15, -0.1) is 24.0 Å². The summed E-state index contributed by atoms with van der Waals surface area (Å²) in [6.45, 7) is 6.55. The van der Waals surface area contributed by atoms with E-state index in [0.717, 1.165) is 11.5 Å². The number of rotatable bonds is 8. The molecule has 11 heteroatoms. The maximum absolute atomic E-state index is 12.5. The van der Waals surface area contributed by atoms with Crippen LogP contribution < -0.4 is 10.1 Å². The first-order chi connectivity index (χ1) is 13.4. The van der Waals surface area contributed by atoms with Gasteiger partial charge in [-0.3, -0.25) is 4.99 Å².